The summed E-state index contributed by atoms with van der Waals surface area (Å²) in [5.74, 6) is 0.141. The number of rotatable bonds is 3. The Bertz CT molecular complexity index is 516. The third kappa shape index (κ3) is 4.42. The molecule has 0 spiro atoms. The first kappa shape index (κ1) is 15.7. The van der Waals surface area contributed by atoms with Gasteiger partial charge in [-0.05, 0) is 49.7 Å². The number of nitrogens with one attached hydrogen (secondary N) is 2. The maximum Gasteiger partial charge on any atom is 0.229 e. The summed E-state index contributed by atoms with van der Waals surface area (Å²) < 4.78 is 0. The number of thiocarbonyl (C=S) groups is 1. The van der Waals surface area contributed by atoms with Crippen LogP contribution in [0.15, 0.2) is 18.2 Å². The number of piperidine rings is 1. The molecule has 1 saturated heterocycles. The fourth-order valence-electron chi connectivity index (χ4n) is 2.22. The first-order valence-corrected chi connectivity index (χ1v) is 7.71. The molecule has 2 N–H and O–H groups in total. The van der Waals surface area contributed by atoms with E-state index in [9.17, 15) is 4.79 Å². The molecule has 108 valence electrons. The normalized spacial score (nSPS) is 15.9. The van der Waals surface area contributed by atoms with Gasteiger partial charge in [-0.2, -0.15) is 0 Å². The number of hydrogen-bond acceptors (Lipinski definition) is 3. The van der Waals surface area contributed by atoms with Gasteiger partial charge >= 0.3 is 0 Å². The van der Waals surface area contributed by atoms with E-state index >= 15 is 0 Å². The quantitative estimate of drug-likeness (QED) is 0.837. The Morgan fingerprint density at radius 3 is 2.75 bits per heavy atom. The summed E-state index contributed by atoms with van der Waals surface area (Å²) in [6.45, 7) is 1.89. The molecule has 0 saturated carbocycles. The summed E-state index contributed by atoms with van der Waals surface area (Å²) in [7, 11) is 0. The predicted molar refractivity (Wildman–Crippen MR) is 86.5 cm³/mol. The molecular weight excluding hydrogens is 315 g/mol. The zero-order valence-electron chi connectivity index (χ0n) is 10.9. The van der Waals surface area contributed by atoms with Crippen LogP contribution in [0.2, 0.25) is 10.0 Å². The zero-order chi connectivity index (χ0) is 14.5. The van der Waals surface area contributed by atoms with E-state index < -0.39 is 0 Å². The molecule has 1 aromatic carbocycles. The highest BCUT2D eigenvalue weighted by Crippen LogP contribution is 2.21. The number of hydrogen-bond donors (Lipinski definition) is 2. The van der Waals surface area contributed by atoms with Crippen LogP contribution in [0.1, 0.15) is 18.4 Å². The standard InChI is InChI=1S/C14H16Cl2N2OS/c15-11-1-2-12(16)10(7-11)8-13(19)18-14(20)9-3-5-17-6-4-9/h1-2,7,9,17H,3-6,8H2,(H,18,19,20). The van der Waals surface area contributed by atoms with E-state index in [1.165, 1.54) is 0 Å². The Labute approximate surface area is 134 Å². The molecule has 2 rings (SSSR count). The zero-order valence-corrected chi connectivity index (χ0v) is 13.2. The van der Waals surface area contributed by atoms with Crippen LogP contribution in [-0.4, -0.2) is 24.0 Å². The van der Waals surface area contributed by atoms with Gasteiger partial charge in [0.2, 0.25) is 5.91 Å². The molecular formula is C14H16Cl2N2OS. The van der Waals surface area contributed by atoms with Crippen molar-refractivity contribution in [2.24, 2.45) is 5.92 Å². The lowest BCUT2D eigenvalue weighted by molar-refractivity contribution is -0.119. The Morgan fingerprint density at radius 2 is 2.05 bits per heavy atom. The minimum atomic E-state index is -0.141. The van der Waals surface area contributed by atoms with Gasteiger partial charge in [0.25, 0.3) is 0 Å². The molecule has 0 aromatic heterocycles. The Morgan fingerprint density at radius 1 is 1.35 bits per heavy atom. The van der Waals surface area contributed by atoms with Crippen molar-refractivity contribution in [1.82, 2.24) is 10.6 Å². The Kier molecular flexibility index (Phi) is 5.78. The molecule has 20 heavy (non-hydrogen) atoms. The van der Waals surface area contributed by atoms with Crippen LogP contribution in [-0.2, 0) is 11.2 Å². The van der Waals surface area contributed by atoms with Crippen molar-refractivity contribution in [2.45, 2.75) is 19.3 Å². The van der Waals surface area contributed by atoms with E-state index in [0.29, 0.717) is 20.6 Å². The predicted octanol–water partition coefficient (Wildman–Crippen LogP) is 2.98. The largest absolute Gasteiger partial charge is 0.320 e. The number of benzene rings is 1. The smallest absolute Gasteiger partial charge is 0.229 e. The van der Waals surface area contributed by atoms with Crippen LogP contribution >= 0.6 is 35.4 Å². The molecule has 0 aliphatic carbocycles. The summed E-state index contributed by atoms with van der Waals surface area (Å²) in [5.41, 5.74) is 0.713. The number of halogens is 2. The average Bonchev–Trinajstić information content (AvgIpc) is 2.43. The summed E-state index contributed by atoms with van der Waals surface area (Å²) in [6, 6.07) is 5.10. The molecule has 6 heteroatoms. The highest BCUT2D eigenvalue weighted by Gasteiger charge is 2.19. The number of carbonyl (C=O) groups excluding carboxylic acids is 1. The lowest BCUT2D eigenvalue weighted by Crippen LogP contribution is -2.40. The minimum Gasteiger partial charge on any atom is -0.320 e. The van der Waals surface area contributed by atoms with Crippen LogP contribution in [0, 0.1) is 5.92 Å². The molecule has 0 atom stereocenters. The van der Waals surface area contributed by atoms with E-state index in [4.69, 9.17) is 35.4 Å². The number of amides is 1. The Balaban J connectivity index is 1.91. The van der Waals surface area contributed by atoms with Gasteiger partial charge in [0.15, 0.2) is 0 Å². The second kappa shape index (κ2) is 7.36. The average molecular weight is 331 g/mol. The molecule has 1 fully saturated rings. The van der Waals surface area contributed by atoms with Crippen LogP contribution in [0.5, 0.6) is 0 Å². The fraction of sp³-hybridized carbons (Fsp3) is 0.429. The molecule has 0 unspecified atom stereocenters. The Hall–Kier alpha value is -0.680. The van der Waals surface area contributed by atoms with Gasteiger partial charge in [-0.15, -0.1) is 0 Å². The maximum atomic E-state index is 12.0. The van der Waals surface area contributed by atoms with Gasteiger partial charge in [-0.3, -0.25) is 4.79 Å². The van der Waals surface area contributed by atoms with Crippen molar-refractivity contribution >= 4 is 46.3 Å². The monoisotopic (exact) mass is 330 g/mol. The molecule has 1 amide bonds. The van der Waals surface area contributed by atoms with Crippen molar-refractivity contribution in [3.05, 3.63) is 33.8 Å². The van der Waals surface area contributed by atoms with E-state index in [1.807, 2.05) is 0 Å². The van der Waals surface area contributed by atoms with Gasteiger partial charge in [0.1, 0.15) is 0 Å². The van der Waals surface area contributed by atoms with Crippen molar-refractivity contribution < 1.29 is 4.79 Å². The van der Waals surface area contributed by atoms with E-state index in [-0.39, 0.29) is 18.2 Å². The van der Waals surface area contributed by atoms with Crippen LogP contribution < -0.4 is 10.6 Å². The molecule has 1 aromatic rings. The molecule has 1 heterocycles. The van der Waals surface area contributed by atoms with Gasteiger partial charge in [0.05, 0.1) is 11.4 Å². The van der Waals surface area contributed by atoms with E-state index in [1.54, 1.807) is 18.2 Å². The van der Waals surface area contributed by atoms with Crippen molar-refractivity contribution in [1.29, 1.82) is 0 Å². The number of carbonyl (C=O) groups is 1. The van der Waals surface area contributed by atoms with E-state index in [0.717, 1.165) is 25.9 Å². The van der Waals surface area contributed by atoms with Crippen molar-refractivity contribution in [3.63, 3.8) is 0 Å². The van der Waals surface area contributed by atoms with E-state index in [2.05, 4.69) is 10.6 Å². The molecule has 1 aliphatic rings. The van der Waals surface area contributed by atoms with Gasteiger partial charge < -0.3 is 10.6 Å². The summed E-state index contributed by atoms with van der Waals surface area (Å²) in [4.78, 5) is 12.6. The summed E-state index contributed by atoms with van der Waals surface area (Å²) in [5, 5.41) is 7.19. The lowest BCUT2D eigenvalue weighted by atomic mass is 9.98. The van der Waals surface area contributed by atoms with Crippen LogP contribution in [0.4, 0.5) is 0 Å². The third-order valence-electron chi connectivity index (χ3n) is 3.33. The summed E-state index contributed by atoms with van der Waals surface area (Å²) in [6.07, 6.45) is 2.12. The molecule has 0 radical (unpaired) electrons. The first-order chi connectivity index (χ1) is 9.56. The third-order valence-corrected chi connectivity index (χ3v) is 4.37. The highest BCUT2D eigenvalue weighted by atomic mass is 35.5. The first-order valence-electron chi connectivity index (χ1n) is 6.54. The van der Waals surface area contributed by atoms with Gasteiger partial charge in [0, 0.05) is 16.0 Å². The highest BCUT2D eigenvalue weighted by molar-refractivity contribution is 7.80. The van der Waals surface area contributed by atoms with Crippen molar-refractivity contribution in [3.8, 4) is 0 Å². The molecule has 3 nitrogen and oxygen atoms in total. The topological polar surface area (TPSA) is 41.1 Å². The maximum absolute atomic E-state index is 12.0. The second-order valence-corrected chi connectivity index (χ2v) is 6.13. The van der Waals surface area contributed by atoms with Crippen LogP contribution in [0.3, 0.4) is 0 Å². The van der Waals surface area contributed by atoms with Gasteiger partial charge in [-0.25, -0.2) is 0 Å². The van der Waals surface area contributed by atoms with Crippen molar-refractivity contribution in [2.75, 3.05) is 13.1 Å². The lowest BCUT2D eigenvalue weighted by Gasteiger charge is -2.23. The second-order valence-electron chi connectivity index (χ2n) is 4.85. The fourth-order valence-corrected chi connectivity index (χ4v) is 2.95. The molecule has 0 bridgehead atoms. The SMILES string of the molecule is O=C(Cc1cc(Cl)ccc1Cl)NC(=S)C1CCNCC1. The molecule has 1 aliphatic heterocycles. The summed E-state index contributed by atoms with van der Waals surface area (Å²) >= 11 is 17.3. The minimum absolute atomic E-state index is 0.141. The van der Waals surface area contributed by atoms with Gasteiger partial charge in [-0.1, -0.05) is 35.4 Å². The van der Waals surface area contributed by atoms with Crippen LogP contribution in [0.25, 0.3) is 0 Å².